The van der Waals surface area contributed by atoms with Crippen molar-refractivity contribution in [1.82, 2.24) is 14.5 Å². The summed E-state index contributed by atoms with van der Waals surface area (Å²) in [4.78, 5) is 14.4. The number of benzene rings is 1. The molecule has 0 radical (unpaired) electrons. The standard InChI is InChI=1S/C17H27N3O4S/c1-3-15-4-6-16(7-5-15)25(22,23)20(12-13-24-2)14-17(21)19-10-8-18-9-11-19/h4-7,18H,3,8-14H2,1-2H3. The van der Waals surface area contributed by atoms with Gasteiger partial charge in [-0.3, -0.25) is 4.79 Å². The Morgan fingerprint density at radius 3 is 2.44 bits per heavy atom. The first-order valence-corrected chi connectivity index (χ1v) is 9.99. The molecule has 0 aromatic heterocycles. The third-order valence-electron chi connectivity index (χ3n) is 4.30. The highest BCUT2D eigenvalue weighted by atomic mass is 32.2. The first-order valence-electron chi connectivity index (χ1n) is 8.55. The van der Waals surface area contributed by atoms with Crippen LogP contribution in [0.1, 0.15) is 12.5 Å². The van der Waals surface area contributed by atoms with Crippen molar-refractivity contribution in [1.29, 1.82) is 0 Å². The zero-order valence-corrected chi connectivity index (χ0v) is 15.7. The van der Waals surface area contributed by atoms with Crippen molar-refractivity contribution in [2.75, 3.05) is 53.0 Å². The third-order valence-corrected chi connectivity index (χ3v) is 6.15. The predicted molar refractivity (Wildman–Crippen MR) is 95.9 cm³/mol. The number of sulfonamides is 1. The van der Waals surface area contributed by atoms with Crippen LogP contribution in [0.15, 0.2) is 29.2 Å². The topological polar surface area (TPSA) is 79.0 Å². The van der Waals surface area contributed by atoms with E-state index in [1.165, 1.54) is 11.4 Å². The maximum atomic E-state index is 12.9. The molecule has 25 heavy (non-hydrogen) atoms. The van der Waals surface area contributed by atoms with Gasteiger partial charge in [0.2, 0.25) is 15.9 Å². The van der Waals surface area contributed by atoms with Crippen LogP contribution < -0.4 is 5.32 Å². The van der Waals surface area contributed by atoms with Gasteiger partial charge in [-0.1, -0.05) is 19.1 Å². The number of aryl methyl sites for hydroxylation is 1. The zero-order chi connectivity index (χ0) is 18.3. The average Bonchev–Trinajstić information content (AvgIpc) is 2.65. The van der Waals surface area contributed by atoms with Crippen LogP contribution in [0.2, 0.25) is 0 Å². The number of hydrogen-bond acceptors (Lipinski definition) is 5. The molecule has 1 aromatic rings. The predicted octanol–water partition coefficient (Wildman–Crippen LogP) is 0.318. The van der Waals surface area contributed by atoms with E-state index in [4.69, 9.17) is 4.74 Å². The fourth-order valence-electron chi connectivity index (χ4n) is 2.69. The number of nitrogens with one attached hydrogen (secondary N) is 1. The Morgan fingerprint density at radius 2 is 1.88 bits per heavy atom. The lowest BCUT2D eigenvalue weighted by Crippen LogP contribution is -2.50. The highest BCUT2D eigenvalue weighted by Crippen LogP contribution is 2.17. The van der Waals surface area contributed by atoms with Gasteiger partial charge in [0.15, 0.2) is 0 Å². The summed E-state index contributed by atoms with van der Waals surface area (Å²) in [7, 11) is -2.23. The van der Waals surface area contributed by atoms with Crippen molar-refractivity contribution < 1.29 is 17.9 Å². The van der Waals surface area contributed by atoms with Gasteiger partial charge < -0.3 is 15.0 Å². The Morgan fingerprint density at radius 1 is 1.24 bits per heavy atom. The molecule has 0 bridgehead atoms. The molecule has 1 fully saturated rings. The number of ether oxygens (including phenoxy) is 1. The monoisotopic (exact) mass is 369 g/mol. The summed E-state index contributed by atoms with van der Waals surface area (Å²) in [5, 5.41) is 3.18. The Kier molecular flexibility index (Phi) is 7.37. The van der Waals surface area contributed by atoms with E-state index in [0.717, 1.165) is 25.1 Å². The molecule has 0 aliphatic carbocycles. The van der Waals surface area contributed by atoms with Gasteiger partial charge in [0.25, 0.3) is 0 Å². The minimum atomic E-state index is -3.74. The number of amides is 1. The molecule has 1 N–H and O–H groups in total. The quantitative estimate of drug-likeness (QED) is 0.714. The summed E-state index contributed by atoms with van der Waals surface area (Å²) in [5.41, 5.74) is 1.07. The summed E-state index contributed by atoms with van der Waals surface area (Å²) < 4.78 is 32.1. The summed E-state index contributed by atoms with van der Waals surface area (Å²) in [6.07, 6.45) is 0.842. The minimum absolute atomic E-state index is 0.145. The first kappa shape index (κ1) is 19.8. The van der Waals surface area contributed by atoms with Crippen molar-refractivity contribution >= 4 is 15.9 Å². The van der Waals surface area contributed by atoms with Crippen LogP contribution in [-0.2, 0) is 26.0 Å². The van der Waals surface area contributed by atoms with Crippen LogP contribution >= 0.6 is 0 Å². The lowest BCUT2D eigenvalue weighted by molar-refractivity contribution is -0.132. The summed E-state index contributed by atoms with van der Waals surface area (Å²) >= 11 is 0. The fourth-order valence-corrected chi connectivity index (χ4v) is 4.06. The number of carbonyl (C=O) groups excluding carboxylic acids is 1. The van der Waals surface area contributed by atoms with Crippen LogP contribution in [0.5, 0.6) is 0 Å². The van der Waals surface area contributed by atoms with E-state index >= 15 is 0 Å². The molecule has 7 nitrogen and oxygen atoms in total. The van der Waals surface area contributed by atoms with Gasteiger partial charge in [0, 0.05) is 39.8 Å². The number of carbonyl (C=O) groups is 1. The van der Waals surface area contributed by atoms with Crippen LogP contribution in [0.4, 0.5) is 0 Å². The molecule has 1 aliphatic heterocycles. The number of piperazine rings is 1. The van der Waals surface area contributed by atoms with Gasteiger partial charge in [-0.25, -0.2) is 8.42 Å². The van der Waals surface area contributed by atoms with E-state index < -0.39 is 10.0 Å². The van der Waals surface area contributed by atoms with Crippen molar-refractivity contribution in [3.8, 4) is 0 Å². The molecule has 1 saturated heterocycles. The average molecular weight is 369 g/mol. The second-order valence-corrected chi connectivity index (χ2v) is 7.90. The van der Waals surface area contributed by atoms with Crippen LogP contribution in [0.25, 0.3) is 0 Å². The fraction of sp³-hybridized carbons (Fsp3) is 0.588. The molecule has 1 aliphatic rings. The highest BCUT2D eigenvalue weighted by Gasteiger charge is 2.28. The molecular formula is C17H27N3O4S. The molecule has 0 saturated carbocycles. The summed E-state index contributed by atoms with van der Waals surface area (Å²) in [6.45, 7) is 4.89. The SMILES string of the molecule is CCc1ccc(S(=O)(=O)N(CCOC)CC(=O)N2CCNCC2)cc1. The third kappa shape index (κ3) is 5.24. The van der Waals surface area contributed by atoms with Gasteiger partial charge >= 0.3 is 0 Å². The summed E-state index contributed by atoms with van der Waals surface area (Å²) in [6, 6.07) is 6.81. The lowest BCUT2D eigenvalue weighted by atomic mass is 10.2. The molecule has 8 heteroatoms. The van der Waals surface area contributed by atoms with Crippen LogP contribution in [0.3, 0.4) is 0 Å². The highest BCUT2D eigenvalue weighted by molar-refractivity contribution is 7.89. The van der Waals surface area contributed by atoms with Gasteiger partial charge in [0.05, 0.1) is 18.0 Å². The Hall–Kier alpha value is -1.48. The van der Waals surface area contributed by atoms with Crippen molar-refractivity contribution in [2.24, 2.45) is 0 Å². The van der Waals surface area contributed by atoms with E-state index in [1.807, 2.05) is 6.92 Å². The first-order chi connectivity index (χ1) is 12.0. The molecule has 140 valence electrons. The minimum Gasteiger partial charge on any atom is -0.383 e. The van der Waals surface area contributed by atoms with Gasteiger partial charge in [0.1, 0.15) is 0 Å². The molecule has 2 rings (SSSR count). The normalized spacial score (nSPS) is 15.6. The van der Waals surface area contributed by atoms with Gasteiger partial charge in [-0.2, -0.15) is 4.31 Å². The number of hydrogen-bond donors (Lipinski definition) is 1. The van der Waals surface area contributed by atoms with E-state index in [0.29, 0.717) is 13.1 Å². The molecule has 0 spiro atoms. The molecular weight excluding hydrogens is 342 g/mol. The number of rotatable bonds is 8. The number of nitrogens with zero attached hydrogens (tertiary/aromatic N) is 2. The zero-order valence-electron chi connectivity index (χ0n) is 14.9. The van der Waals surface area contributed by atoms with Crippen molar-refractivity contribution in [3.63, 3.8) is 0 Å². The number of methoxy groups -OCH3 is 1. The van der Waals surface area contributed by atoms with Crippen LogP contribution in [-0.4, -0.2) is 76.5 Å². The van der Waals surface area contributed by atoms with Crippen molar-refractivity contribution in [2.45, 2.75) is 18.2 Å². The van der Waals surface area contributed by atoms with E-state index in [-0.39, 0.29) is 30.5 Å². The second kappa shape index (κ2) is 9.28. The molecule has 0 atom stereocenters. The van der Waals surface area contributed by atoms with Gasteiger partial charge in [-0.15, -0.1) is 0 Å². The molecule has 1 aromatic carbocycles. The van der Waals surface area contributed by atoms with Crippen LogP contribution in [0, 0.1) is 0 Å². The smallest absolute Gasteiger partial charge is 0.243 e. The van der Waals surface area contributed by atoms with E-state index in [1.54, 1.807) is 29.2 Å². The Bertz CT molecular complexity index is 655. The Labute approximate surface area is 150 Å². The van der Waals surface area contributed by atoms with E-state index in [9.17, 15) is 13.2 Å². The second-order valence-electron chi connectivity index (χ2n) is 5.96. The maximum Gasteiger partial charge on any atom is 0.243 e. The Balaban J connectivity index is 2.17. The largest absolute Gasteiger partial charge is 0.383 e. The maximum absolute atomic E-state index is 12.9. The lowest BCUT2D eigenvalue weighted by Gasteiger charge is -2.30. The van der Waals surface area contributed by atoms with E-state index in [2.05, 4.69) is 5.32 Å². The molecule has 1 heterocycles. The molecule has 0 unspecified atom stereocenters. The summed E-state index contributed by atoms with van der Waals surface area (Å²) in [5.74, 6) is -0.175. The van der Waals surface area contributed by atoms with Gasteiger partial charge in [-0.05, 0) is 24.1 Å². The molecule has 1 amide bonds. The van der Waals surface area contributed by atoms with Crippen molar-refractivity contribution in [3.05, 3.63) is 29.8 Å².